The molecule has 0 N–H and O–H groups in total. The molecule has 1 aliphatic carbocycles. The zero-order valence-corrected chi connectivity index (χ0v) is 41.5. The normalized spacial score (nSPS) is 17.2. The van der Waals surface area contributed by atoms with E-state index in [9.17, 15) is 14.4 Å². The number of likely N-dealkylation sites (N-methyl/N-ethyl adjacent to an activating group) is 1. The Morgan fingerprint density at radius 3 is 2.11 bits per heavy atom. The number of hydrogen-bond donors (Lipinski definition) is 0. The van der Waals surface area contributed by atoms with Crippen LogP contribution in [0.3, 0.4) is 0 Å². The van der Waals surface area contributed by atoms with Crippen molar-refractivity contribution in [3.05, 3.63) is 52.2 Å². The second-order valence-corrected chi connectivity index (χ2v) is 20.2. The van der Waals surface area contributed by atoms with E-state index in [0.29, 0.717) is 56.5 Å². The second kappa shape index (κ2) is 29.1. The molecule has 348 valence electrons. The van der Waals surface area contributed by atoms with Crippen molar-refractivity contribution in [3.63, 3.8) is 0 Å². The number of esters is 1. The lowest BCUT2D eigenvalue weighted by atomic mass is 9.82. The van der Waals surface area contributed by atoms with Gasteiger partial charge in [0, 0.05) is 50.8 Å². The highest BCUT2D eigenvalue weighted by atomic mass is 79.9. The van der Waals surface area contributed by atoms with Gasteiger partial charge in [-0.15, -0.1) is 0 Å². The van der Waals surface area contributed by atoms with E-state index in [0.717, 1.165) is 80.9 Å². The average molecular weight is 922 g/mol. The smallest absolute Gasteiger partial charge is 0.306 e. The van der Waals surface area contributed by atoms with Gasteiger partial charge in [-0.3, -0.25) is 23.9 Å². The number of rotatable bonds is 33. The summed E-state index contributed by atoms with van der Waals surface area (Å²) >= 11 is 3.87. The van der Waals surface area contributed by atoms with Crippen LogP contribution in [-0.4, -0.2) is 66.6 Å². The maximum absolute atomic E-state index is 13.8. The van der Waals surface area contributed by atoms with E-state index in [1.54, 1.807) is 7.11 Å². The molecule has 8 heteroatoms. The molecule has 2 aliphatic rings. The van der Waals surface area contributed by atoms with Gasteiger partial charge in [-0.1, -0.05) is 148 Å². The molecule has 0 saturated carbocycles. The number of aromatic nitrogens is 1. The number of carbonyl (C=O) groups is 3. The highest BCUT2D eigenvalue weighted by molar-refractivity contribution is 9.10. The monoisotopic (exact) mass is 921 g/mol. The predicted molar refractivity (Wildman–Crippen MR) is 263 cm³/mol. The maximum Gasteiger partial charge on any atom is 0.306 e. The van der Waals surface area contributed by atoms with Gasteiger partial charge < -0.3 is 9.47 Å². The van der Waals surface area contributed by atoms with Crippen LogP contribution in [0.2, 0.25) is 0 Å². The van der Waals surface area contributed by atoms with Crippen LogP contribution in [0, 0.1) is 17.8 Å². The van der Waals surface area contributed by atoms with Gasteiger partial charge in [0.1, 0.15) is 11.9 Å². The van der Waals surface area contributed by atoms with Crippen molar-refractivity contribution in [1.29, 1.82) is 0 Å². The fourth-order valence-corrected chi connectivity index (χ4v) is 10.7. The Kier molecular flexibility index (Phi) is 24.4. The highest BCUT2D eigenvalue weighted by Gasteiger charge is 2.34. The summed E-state index contributed by atoms with van der Waals surface area (Å²) in [6.45, 7) is 10.1. The Balaban J connectivity index is 1.03. The molecule has 0 bridgehead atoms. The number of benzene rings is 1. The molecule has 1 aromatic heterocycles. The summed E-state index contributed by atoms with van der Waals surface area (Å²) in [5.41, 5.74) is 5.00. The highest BCUT2D eigenvalue weighted by Crippen LogP contribution is 2.44. The molecule has 0 radical (unpaired) electrons. The number of nitrogens with zero attached hydrogens (tertiary/aromatic N) is 2. The van der Waals surface area contributed by atoms with Crippen molar-refractivity contribution >= 4 is 50.1 Å². The number of carbonyl (C=O) groups excluding carboxylic acids is 3. The fraction of sp³-hybridized carbons (Fsp3) is 0.722. The van der Waals surface area contributed by atoms with Crippen LogP contribution in [0.1, 0.15) is 204 Å². The van der Waals surface area contributed by atoms with Crippen molar-refractivity contribution in [2.75, 3.05) is 27.3 Å². The lowest BCUT2D eigenvalue weighted by Gasteiger charge is -2.37. The SMILES string of the molecule is CCCCCCCC/C=C\CCCCCCCC(=O)CC(C)CC(COC)OC(=O)CC(C)CCCCCCC(C)CC(=O)n1c(Br)c2c3c(cccc31)C1=CCCN(C)C1C2. The van der Waals surface area contributed by atoms with Crippen molar-refractivity contribution in [1.82, 2.24) is 9.47 Å². The predicted octanol–water partition coefficient (Wildman–Crippen LogP) is 14.7. The largest absolute Gasteiger partial charge is 0.460 e. The first-order valence-corrected chi connectivity index (χ1v) is 25.9. The van der Waals surface area contributed by atoms with Gasteiger partial charge in [-0.2, -0.15) is 0 Å². The molecule has 1 aromatic carbocycles. The number of fused-ring (bicyclic) bond motifs is 2. The summed E-state index contributed by atoms with van der Waals surface area (Å²) in [6.07, 6.45) is 34.4. The van der Waals surface area contributed by atoms with Crippen LogP contribution in [0.5, 0.6) is 0 Å². The van der Waals surface area contributed by atoms with Gasteiger partial charge in [0.05, 0.1) is 16.7 Å². The van der Waals surface area contributed by atoms with Crippen molar-refractivity contribution < 1.29 is 23.9 Å². The molecule has 0 amide bonds. The molecule has 0 saturated heterocycles. The zero-order valence-electron chi connectivity index (χ0n) is 40.0. The van der Waals surface area contributed by atoms with Crippen LogP contribution in [-0.2, 0) is 25.5 Å². The molecule has 5 unspecified atom stereocenters. The Hall–Kier alpha value is -2.55. The summed E-state index contributed by atoms with van der Waals surface area (Å²) < 4.78 is 14.2. The number of halogens is 1. The van der Waals surface area contributed by atoms with Gasteiger partial charge in [0.15, 0.2) is 0 Å². The number of ether oxygens (including phenoxy) is 2. The first-order valence-electron chi connectivity index (χ1n) is 25.1. The summed E-state index contributed by atoms with van der Waals surface area (Å²) in [7, 11) is 3.85. The lowest BCUT2D eigenvalue weighted by molar-refractivity contribution is -0.153. The van der Waals surface area contributed by atoms with E-state index in [-0.39, 0.29) is 29.8 Å². The summed E-state index contributed by atoms with van der Waals surface area (Å²) in [5.74, 6) is 1.04. The van der Waals surface area contributed by atoms with Crippen LogP contribution < -0.4 is 0 Å². The molecule has 7 nitrogen and oxygen atoms in total. The molecule has 2 heterocycles. The summed E-state index contributed by atoms with van der Waals surface area (Å²) in [4.78, 5) is 41.9. The topological polar surface area (TPSA) is 77.8 Å². The minimum Gasteiger partial charge on any atom is -0.460 e. The van der Waals surface area contributed by atoms with Crippen LogP contribution in [0.25, 0.3) is 16.5 Å². The standard InChI is InChI=1S/C54H85BrN2O5/c1-7-8-9-10-11-12-13-14-15-16-17-18-19-20-25-30-44(58)35-43(4)36-45(40-61-6)62-52(60)38-42(3)29-24-22-21-23-28-41(2)37-51(59)57-49-33-26-31-47-46-32-27-34-56(5)50(46)39-48(53(47)49)54(57)55/h14-15,26,31-33,41-43,45,50H,7-13,16-25,27-30,34-40H2,1-6H3/b15-14-. The number of allylic oxidation sites excluding steroid dienone is 2. The van der Waals surface area contributed by atoms with E-state index in [4.69, 9.17) is 9.47 Å². The van der Waals surface area contributed by atoms with Crippen molar-refractivity contribution in [2.24, 2.45) is 17.8 Å². The molecular formula is C54H85BrN2O5. The molecule has 0 fully saturated rings. The summed E-state index contributed by atoms with van der Waals surface area (Å²) in [5, 5.41) is 1.24. The number of unbranched alkanes of at least 4 members (excludes halogenated alkanes) is 14. The lowest BCUT2D eigenvalue weighted by Crippen LogP contribution is -2.39. The third-order valence-corrected chi connectivity index (χ3v) is 14.4. The van der Waals surface area contributed by atoms with Crippen LogP contribution >= 0.6 is 15.9 Å². The van der Waals surface area contributed by atoms with E-state index in [2.05, 4.69) is 92.0 Å². The Labute approximate surface area is 385 Å². The van der Waals surface area contributed by atoms with Crippen molar-refractivity contribution in [2.45, 2.75) is 207 Å². The minimum atomic E-state index is -0.321. The Morgan fingerprint density at radius 1 is 0.806 bits per heavy atom. The minimum absolute atomic E-state index is 0.151. The van der Waals surface area contributed by atoms with E-state index < -0.39 is 0 Å². The quantitative estimate of drug-likeness (QED) is 0.0403. The zero-order chi connectivity index (χ0) is 44.7. The van der Waals surface area contributed by atoms with Gasteiger partial charge in [-0.25, -0.2) is 0 Å². The molecule has 2 aromatic rings. The van der Waals surface area contributed by atoms with Gasteiger partial charge in [0.2, 0.25) is 5.91 Å². The maximum atomic E-state index is 13.8. The molecule has 1 aliphatic heterocycles. The van der Waals surface area contributed by atoms with Gasteiger partial charge in [-0.05, 0) is 115 Å². The first-order chi connectivity index (χ1) is 30.0. The second-order valence-electron chi connectivity index (χ2n) is 19.4. The summed E-state index contributed by atoms with van der Waals surface area (Å²) in [6, 6.07) is 6.81. The average Bonchev–Trinajstić information content (AvgIpc) is 3.52. The number of Topliss-reactive ketones (excluding diaryl/α,β-unsaturated/α-hetero) is 1. The molecule has 4 rings (SSSR count). The van der Waals surface area contributed by atoms with Crippen LogP contribution in [0.15, 0.2) is 41.0 Å². The third kappa shape index (κ3) is 17.4. The van der Waals surface area contributed by atoms with Crippen molar-refractivity contribution in [3.8, 4) is 0 Å². The van der Waals surface area contributed by atoms with Gasteiger partial charge >= 0.3 is 5.97 Å². The van der Waals surface area contributed by atoms with E-state index >= 15 is 0 Å². The van der Waals surface area contributed by atoms with E-state index in [1.165, 1.54) is 92.7 Å². The third-order valence-electron chi connectivity index (χ3n) is 13.5. The molecule has 62 heavy (non-hydrogen) atoms. The Bertz CT molecular complexity index is 1710. The Morgan fingerprint density at radius 2 is 1.44 bits per heavy atom. The van der Waals surface area contributed by atoms with E-state index in [1.807, 2.05) is 4.57 Å². The van der Waals surface area contributed by atoms with Gasteiger partial charge in [0.25, 0.3) is 0 Å². The molecule has 0 spiro atoms. The molecular weight excluding hydrogens is 837 g/mol. The number of hydrogen-bond acceptors (Lipinski definition) is 6. The number of ketones is 1. The fourth-order valence-electron chi connectivity index (χ4n) is 9.96. The number of methoxy groups -OCH3 is 1. The molecule has 5 atom stereocenters. The van der Waals surface area contributed by atoms with Crippen LogP contribution in [0.4, 0.5) is 0 Å². The first kappa shape index (κ1) is 52.1.